The van der Waals surface area contributed by atoms with E-state index in [4.69, 9.17) is 4.74 Å². The van der Waals surface area contributed by atoms with Gasteiger partial charge in [-0.15, -0.1) is 0 Å². The first-order valence-corrected chi connectivity index (χ1v) is 8.25. The maximum atomic E-state index is 13.9. The molecule has 1 fully saturated rings. The number of benzene rings is 1. The Kier molecular flexibility index (Phi) is 5.50. The van der Waals surface area contributed by atoms with Crippen LogP contribution in [0.1, 0.15) is 52.0 Å². The van der Waals surface area contributed by atoms with E-state index >= 15 is 0 Å². The predicted molar refractivity (Wildman–Crippen MR) is 90.2 cm³/mol. The lowest BCUT2D eigenvalue weighted by Crippen LogP contribution is -2.42. The molecule has 5 heteroatoms. The minimum Gasteiger partial charge on any atom is -0.444 e. The number of ether oxygens (including phenoxy) is 1. The fraction of sp³-hybridized carbons (Fsp3) is 0.611. The van der Waals surface area contributed by atoms with Gasteiger partial charge in [-0.05, 0) is 71.1 Å². The summed E-state index contributed by atoms with van der Waals surface area (Å²) in [7, 11) is 0. The van der Waals surface area contributed by atoms with Crippen LogP contribution in [0.3, 0.4) is 0 Å². The zero-order chi connectivity index (χ0) is 17.0. The molecule has 0 atom stereocenters. The van der Waals surface area contributed by atoms with Crippen molar-refractivity contribution in [1.82, 2.24) is 5.32 Å². The molecule has 0 unspecified atom stereocenters. The van der Waals surface area contributed by atoms with Crippen LogP contribution in [-0.2, 0) is 4.74 Å². The number of hydrogen-bond acceptors (Lipinski definition) is 3. The number of aryl methyl sites for hydroxylation is 1. The molecule has 1 aliphatic rings. The van der Waals surface area contributed by atoms with E-state index < -0.39 is 5.60 Å². The van der Waals surface area contributed by atoms with Gasteiger partial charge in [0.15, 0.2) is 0 Å². The van der Waals surface area contributed by atoms with Gasteiger partial charge in [-0.1, -0.05) is 6.07 Å². The molecule has 23 heavy (non-hydrogen) atoms. The van der Waals surface area contributed by atoms with Crippen LogP contribution in [0, 0.1) is 12.7 Å². The van der Waals surface area contributed by atoms with Crippen molar-refractivity contribution in [2.45, 2.75) is 71.1 Å². The predicted octanol–water partition coefficient (Wildman–Crippen LogP) is 4.38. The van der Waals surface area contributed by atoms with E-state index in [1.54, 1.807) is 6.07 Å². The van der Waals surface area contributed by atoms with E-state index in [9.17, 15) is 9.18 Å². The SMILES string of the molecule is Cc1ccc(NC2CCC(NC(=O)OC(C)(C)C)CC2)c(F)c1. The fourth-order valence-corrected chi connectivity index (χ4v) is 2.81. The summed E-state index contributed by atoms with van der Waals surface area (Å²) in [5.41, 5.74) is 0.990. The number of anilines is 1. The highest BCUT2D eigenvalue weighted by Crippen LogP contribution is 2.24. The number of carbonyl (C=O) groups is 1. The van der Waals surface area contributed by atoms with E-state index in [1.807, 2.05) is 33.8 Å². The van der Waals surface area contributed by atoms with Crippen LogP contribution in [0.5, 0.6) is 0 Å². The molecule has 1 aromatic rings. The molecular formula is C18H27FN2O2. The smallest absolute Gasteiger partial charge is 0.407 e. The minimum absolute atomic E-state index is 0.130. The van der Waals surface area contributed by atoms with Gasteiger partial charge in [0.2, 0.25) is 0 Å². The number of amides is 1. The summed E-state index contributed by atoms with van der Waals surface area (Å²) in [6.07, 6.45) is 3.16. The van der Waals surface area contributed by atoms with Crippen LogP contribution in [-0.4, -0.2) is 23.8 Å². The summed E-state index contributed by atoms with van der Waals surface area (Å²) in [5, 5.41) is 6.19. The average Bonchev–Trinajstić information content (AvgIpc) is 2.42. The maximum Gasteiger partial charge on any atom is 0.407 e. The van der Waals surface area contributed by atoms with Crippen LogP contribution in [0.4, 0.5) is 14.9 Å². The summed E-state index contributed by atoms with van der Waals surface area (Å²) in [5.74, 6) is -0.209. The summed E-state index contributed by atoms with van der Waals surface area (Å²) in [6, 6.07) is 5.60. The molecule has 1 saturated carbocycles. The summed E-state index contributed by atoms with van der Waals surface area (Å²) < 4.78 is 19.2. The molecule has 1 aliphatic carbocycles. The third kappa shape index (κ3) is 5.73. The monoisotopic (exact) mass is 322 g/mol. The second-order valence-corrected chi connectivity index (χ2v) is 7.32. The van der Waals surface area contributed by atoms with Crippen molar-refractivity contribution >= 4 is 11.8 Å². The summed E-state index contributed by atoms with van der Waals surface area (Å²) in [4.78, 5) is 11.8. The van der Waals surface area contributed by atoms with Crippen molar-refractivity contribution in [3.05, 3.63) is 29.6 Å². The highest BCUT2D eigenvalue weighted by molar-refractivity contribution is 5.68. The zero-order valence-electron chi connectivity index (χ0n) is 14.4. The molecule has 2 N–H and O–H groups in total. The van der Waals surface area contributed by atoms with Gasteiger partial charge >= 0.3 is 6.09 Å². The number of hydrogen-bond donors (Lipinski definition) is 2. The van der Waals surface area contributed by atoms with Gasteiger partial charge in [-0.3, -0.25) is 0 Å². The Morgan fingerprint density at radius 2 is 1.78 bits per heavy atom. The fourth-order valence-electron chi connectivity index (χ4n) is 2.81. The largest absolute Gasteiger partial charge is 0.444 e. The zero-order valence-corrected chi connectivity index (χ0v) is 14.4. The van der Waals surface area contributed by atoms with Gasteiger partial charge in [0.25, 0.3) is 0 Å². The highest BCUT2D eigenvalue weighted by Gasteiger charge is 2.25. The maximum absolute atomic E-state index is 13.9. The molecule has 0 spiro atoms. The lowest BCUT2D eigenvalue weighted by Gasteiger charge is -2.31. The second-order valence-electron chi connectivity index (χ2n) is 7.32. The van der Waals surface area contributed by atoms with Crippen molar-refractivity contribution < 1.29 is 13.9 Å². The van der Waals surface area contributed by atoms with Crippen LogP contribution in [0.15, 0.2) is 18.2 Å². The van der Waals surface area contributed by atoms with Gasteiger partial charge in [0.05, 0.1) is 5.69 Å². The first kappa shape index (κ1) is 17.6. The van der Waals surface area contributed by atoms with E-state index in [-0.39, 0.29) is 24.0 Å². The molecule has 0 saturated heterocycles. The standard InChI is InChI=1S/C18H27FN2O2/c1-12-5-10-16(15(19)11-12)20-13-6-8-14(9-7-13)21-17(22)23-18(2,3)4/h5,10-11,13-14,20H,6-9H2,1-4H3,(H,21,22). The number of nitrogens with one attached hydrogen (secondary N) is 2. The number of rotatable bonds is 3. The molecule has 128 valence electrons. The van der Waals surface area contributed by atoms with Crippen molar-refractivity contribution in [1.29, 1.82) is 0 Å². The van der Waals surface area contributed by atoms with E-state index in [0.717, 1.165) is 31.2 Å². The first-order valence-electron chi connectivity index (χ1n) is 8.25. The van der Waals surface area contributed by atoms with Gasteiger partial charge in [0, 0.05) is 12.1 Å². The first-order chi connectivity index (χ1) is 10.7. The van der Waals surface area contributed by atoms with Crippen molar-refractivity contribution in [3.63, 3.8) is 0 Å². The van der Waals surface area contributed by atoms with E-state index in [2.05, 4.69) is 10.6 Å². The highest BCUT2D eigenvalue weighted by atomic mass is 19.1. The molecule has 0 heterocycles. The average molecular weight is 322 g/mol. The third-order valence-corrected chi connectivity index (χ3v) is 3.93. The molecule has 0 aliphatic heterocycles. The molecule has 0 aromatic heterocycles. The van der Waals surface area contributed by atoms with Crippen LogP contribution < -0.4 is 10.6 Å². The number of carbonyl (C=O) groups excluding carboxylic acids is 1. The Hall–Kier alpha value is -1.78. The molecule has 1 amide bonds. The number of halogens is 1. The molecule has 0 bridgehead atoms. The topological polar surface area (TPSA) is 50.4 Å². The molecule has 0 radical (unpaired) electrons. The van der Waals surface area contributed by atoms with Crippen LogP contribution in [0.2, 0.25) is 0 Å². The van der Waals surface area contributed by atoms with Crippen LogP contribution >= 0.6 is 0 Å². The Morgan fingerprint density at radius 1 is 1.17 bits per heavy atom. The van der Waals surface area contributed by atoms with Crippen LogP contribution in [0.25, 0.3) is 0 Å². The van der Waals surface area contributed by atoms with Crippen molar-refractivity contribution in [2.75, 3.05) is 5.32 Å². The lowest BCUT2D eigenvalue weighted by atomic mass is 9.91. The molecule has 1 aromatic carbocycles. The minimum atomic E-state index is -0.480. The summed E-state index contributed by atoms with van der Waals surface area (Å²) >= 11 is 0. The van der Waals surface area contributed by atoms with Gasteiger partial charge < -0.3 is 15.4 Å². The quantitative estimate of drug-likeness (QED) is 0.868. The Morgan fingerprint density at radius 3 is 2.35 bits per heavy atom. The van der Waals surface area contributed by atoms with E-state index in [0.29, 0.717) is 5.69 Å². The third-order valence-electron chi connectivity index (χ3n) is 3.93. The number of alkyl carbamates (subject to hydrolysis) is 1. The van der Waals surface area contributed by atoms with Crippen molar-refractivity contribution in [3.8, 4) is 0 Å². The second kappa shape index (κ2) is 7.20. The van der Waals surface area contributed by atoms with Crippen molar-refractivity contribution in [2.24, 2.45) is 0 Å². The van der Waals surface area contributed by atoms with Gasteiger partial charge in [-0.2, -0.15) is 0 Å². The van der Waals surface area contributed by atoms with Gasteiger partial charge in [-0.25, -0.2) is 9.18 Å². The lowest BCUT2D eigenvalue weighted by molar-refractivity contribution is 0.0492. The Labute approximate surface area is 137 Å². The van der Waals surface area contributed by atoms with Gasteiger partial charge in [0.1, 0.15) is 11.4 Å². The summed E-state index contributed by atoms with van der Waals surface area (Å²) in [6.45, 7) is 7.43. The Bertz CT molecular complexity index is 546. The Balaban J connectivity index is 1.79. The van der Waals surface area contributed by atoms with E-state index in [1.165, 1.54) is 6.07 Å². The normalized spacial score (nSPS) is 21.6. The molecule has 4 nitrogen and oxygen atoms in total. The molecule has 2 rings (SSSR count). The molecular weight excluding hydrogens is 295 g/mol.